The van der Waals surface area contributed by atoms with Crippen LogP contribution < -0.4 is 4.57 Å². The van der Waals surface area contributed by atoms with Crippen LogP contribution in [0.3, 0.4) is 0 Å². The number of fused-ring (bicyclic) bond motifs is 1. The van der Waals surface area contributed by atoms with Crippen LogP contribution in [0.2, 0.25) is 0 Å². The fraction of sp³-hybridized carbons (Fsp3) is 0.176. The third-order valence-corrected chi connectivity index (χ3v) is 4.12. The van der Waals surface area contributed by atoms with Crippen molar-refractivity contribution in [2.45, 2.75) is 19.1 Å². The van der Waals surface area contributed by atoms with Crippen molar-refractivity contribution >= 4 is 27.5 Å². The maximum absolute atomic E-state index is 10.8. The number of hydrogen-bond donors (Lipinski definition) is 2. The molecule has 0 bridgehead atoms. The predicted octanol–water partition coefficient (Wildman–Crippen LogP) is 3.74. The summed E-state index contributed by atoms with van der Waals surface area (Å²) in [5.74, 6) is -2.55. The first kappa shape index (κ1) is 20.3. The van der Waals surface area contributed by atoms with Crippen LogP contribution in [0, 0.1) is 0 Å². The molecule has 2 N–H and O–H groups in total. The Kier molecular flexibility index (Phi) is 6.45. The van der Waals surface area contributed by atoms with Crippen LogP contribution in [0.1, 0.15) is 6.42 Å². The van der Waals surface area contributed by atoms with Crippen molar-refractivity contribution in [1.82, 2.24) is 9.97 Å². The van der Waals surface area contributed by atoms with E-state index in [1.807, 2.05) is 40.7 Å². The van der Waals surface area contributed by atoms with Crippen LogP contribution in [0.4, 0.5) is 13.2 Å². The van der Waals surface area contributed by atoms with Gasteiger partial charge in [-0.3, -0.25) is 9.78 Å². The van der Waals surface area contributed by atoms with Crippen molar-refractivity contribution in [3.05, 3.63) is 54.6 Å². The molecule has 3 heterocycles. The number of thiazole rings is 1. The van der Waals surface area contributed by atoms with E-state index in [1.165, 1.54) is 0 Å². The number of carbonyl (C=O) groups is 1. The molecule has 0 saturated carbocycles. The number of nitrogens with zero attached hydrogens (tertiary/aromatic N) is 3. The molecule has 6 nitrogen and oxygen atoms in total. The molecule has 0 aliphatic rings. The number of carboxylic acids is 1. The van der Waals surface area contributed by atoms with Gasteiger partial charge in [-0.05, 0) is 6.07 Å². The normalized spacial score (nSPS) is 10.9. The molecule has 0 aliphatic heterocycles. The molecule has 0 unspecified atom stereocenters. The van der Waals surface area contributed by atoms with Crippen LogP contribution in [-0.4, -0.2) is 32.3 Å². The molecule has 3 aromatic rings. The van der Waals surface area contributed by atoms with Crippen LogP contribution in [0.5, 0.6) is 0 Å². The lowest BCUT2D eigenvalue weighted by atomic mass is 10.1. The molecule has 0 saturated heterocycles. The fourth-order valence-corrected chi connectivity index (χ4v) is 2.66. The highest BCUT2D eigenvalue weighted by Gasteiger charge is 2.31. The zero-order valence-electron chi connectivity index (χ0n) is 13.8. The lowest BCUT2D eigenvalue weighted by Gasteiger charge is -2.01. The van der Waals surface area contributed by atoms with E-state index in [0.29, 0.717) is 6.54 Å². The highest BCUT2D eigenvalue weighted by Crippen LogP contribution is 2.26. The topological polar surface area (TPSA) is 87.2 Å². The molecule has 0 amide bonds. The van der Waals surface area contributed by atoms with E-state index in [4.69, 9.17) is 10.2 Å². The van der Waals surface area contributed by atoms with Crippen molar-refractivity contribution in [2.75, 3.05) is 0 Å². The summed E-state index contributed by atoms with van der Waals surface area (Å²) in [6.07, 6.45) is 0.988. The number of rotatable bonds is 4. The molecule has 0 radical (unpaired) electrons. The first-order chi connectivity index (χ1) is 12.7. The smallest absolute Gasteiger partial charge is 0.448 e. The molecule has 0 aromatic carbocycles. The zero-order valence-corrected chi connectivity index (χ0v) is 14.7. The first-order valence-electron chi connectivity index (χ1n) is 7.53. The van der Waals surface area contributed by atoms with Gasteiger partial charge in [-0.25, -0.2) is 9.55 Å². The van der Waals surface area contributed by atoms with Gasteiger partial charge in [0, 0.05) is 23.9 Å². The quantitative estimate of drug-likeness (QED) is 0.516. The number of aliphatic hydroxyl groups excluding tert-OH is 1. The summed E-state index contributed by atoms with van der Waals surface area (Å²) in [4.78, 5) is 19.3. The maximum atomic E-state index is 10.8. The number of aryl methyl sites for hydroxylation is 1. The van der Waals surface area contributed by atoms with Crippen LogP contribution in [0.15, 0.2) is 54.6 Å². The number of alkyl halides is 3. The second kappa shape index (κ2) is 8.58. The van der Waals surface area contributed by atoms with E-state index in [-0.39, 0.29) is 6.42 Å². The first-order valence-corrected chi connectivity index (χ1v) is 8.41. The molecule has 0 atom stereocenters. The summed E-state index contributed by atoms with van der Waals surface area (Å²) in [7, 11) is 0. The number of aromatic nitrogens is 3. The number of aliphatic hydroxyl groups is 1. The average molecular weight is 398 g/mol. The molecule has 0 spiro atoms. The largest absolute Gasteiger partial charge is 0.505 e. The van der Waals surface area contributed by atoms with E-state index in [9.17, 15) is 18.0 Å². The molecule has 27 heavy (non-hydrogen) atoms. The van der Waals surface area contributed by atoms with Gasteiger partial charge in [0.1, 0.15) is 11.9 Å². The molecule has 3 aromatic heterocycles. The Morgan fingerprint density at radius 1 is 1.19 bits per heavy atom. The van der Waals surface area contributed by atoms with Crippen LogP contribution in [0.25, 0.3) is 21.5 Å². The third kappa shape index (κ3) is 5.74. The maximum Gasteiger partial charge on any atom is 0.448 e. The van der Waals surface area contributed by atoms with Gasteiger partial charge in [0.25, 0.3) is 0 Å². The van der Waals surface area contributed by atoms with Gasteiger partial charge in [0.05, 0.1) is 15.9 Å². The summed E-state index contributed by atoms with van der Waals surface area (Å²) in [6, 6.07) is 5.82. The average Bonchev–Trinajstić information content (AvgIpc) is 3.09. The van der Waals surface area contributed by atoms with Crippen molar-refractivity contribution in [1.29, 1.82) is 0 Å². The number of hydrogen-bond acceptors (Lipinski definition) is 5. The van der Waals surface area contributed by atoms with Crippen molar-refractivity contribution in [2.24, 2.45) is 0 Å². The van der Waals surface area contributed by atoms with Gasteiger partial charge >= 0.3 is 12.1 Å². The number of carboxylic acid groups (broad SMARTS) is 1. The van der Waals surface area contributed by atoms with Gasteiger partial charge < -0.3 is 10.2 Å². The molecule has 0 aliphatic carbocycles. The second-order valence-corrected chi connectivity index (χ2v) is 6.16. The molecular formula is C17H15F3N3O3S+. The summed E-state index contributed by atoms with van der Waals surface area (Å²) >= 11 is 1.59. The van der Waals surface area contributed by atoms with Crippen molar-refractivity contribution in [3.63, 3.8) is 0 Å². The number of halogens is 3. The summed E-state index contributed by atoms with van der Waals surface area (Å²) in [5, 5.41) is 16.2. The predicted molar refractivity (Wildman–Crippen MR) is 93.1 cm³/mol. The van der Waals surface area contributed by atoms with E-state index in [2.05, 4.69) is 16.5 Å². The fourth-order valence-electron chi connectivity index (χ4n) is 1.99. The number of pyridine rings is 2. The van der Waals surface area contributed by atoms with Gasteiger partial charge in [-0.15, -0.1) is 11.3 Å². The van der Waals surface area contributed by atoms with E-state index < -0.39 is 17.9 Å². The summed E-state index contributed by atoms with van der Waals surface area (Å²) in [5.41, 5.74) is 4.55. The minimum atomic E-state index is -4.64. The minimum Gasteiger partial charge on any atom is -0.505 e. The SMILES string of the molecule is C=C(O)C(F)(F)F.O=C(O)CC[n+]1ccc(-c2nccc3scnc23)cc1. The Labute approximate surface area is 155 Å². The van der Waals surface area contributed by atoms with Crippen molar-refractivity contribution < 1.29 is 32.7 Å². The molecular weight excluding hydrogens is 383 g/mol. The van der Waals surface area contributed by atoms with Crippen molar-refractivity contribution in [3.8, 4) is 11.3 Å². The monoisotopic (exact) mass is 398 g/mol. The van der Waals surface area contributed by atoms with E-state index in [1.54, 1.807) is 17.5 Å². The number of allylic oxidation sites excluding steroid dienone is 1. The lowest BCUT2D eigenvalue weighted by molar-refractivity contribution is -0.695. The molecule has 3 rings (SSSR count). The second-order valence-electron chi connectivity index (χ2n) is 5.27. The van der Waals surface area contributed by atoms with Gasteiger partial charge in [-0.2, -0.15) is 13.2 Å². The van der Waals surface area contributed by atoms with Crippen LogP contribution in [-0.2, 0) is 11.3 Å². The Balaban J connectivity index is 0.000000321. The van der Waals surface area contributed by atoms with Gasteiger partial charge in [-0.1, -0.05) is 6.58 Å². The Morgan fingerprint density at radius 3 is 2.37 bits per heavy atom. The van der Waals surface area contributed by atoms with Crippen LogP contribution >= 0.6 is 11.3 Å². The summed E-state index contributed by atoms with van der Waals surface area (Å²) in [6.45, 7) is 2.72. The number of aliphatic carboxylic acids is 1. The van der Waals surface area contributed by atoms with Gasteiger partial charge in [0.15, 0.2) is 24.7 Å². The highest BCUT2D eigenvalue weighted by molar-refractivity contribution is 7.16. The van der Waals surface area contributed by atoms with Gasteiger partial charge in [0.2, 0.25) is 0 Å². The van der Waals surface area contributed by atoms with E-state index in [0.717, 1.165) is 21.5 Å². The Morgan fingerprint density at radius 2 is 1.81 bits per heavy atom. The molecule has 0 fully saturated rings. The lowest BCUT2D eigenvalue weighted by Crippen LogP contribution is -2.33. The van der Waals surface area contributed by atoms with E-state index >= 15 is 0 Å². The zero-order chi connectivity index (χ0) is 20.0. The molecule has 142 valence electrons. The summed E-state index contributed by atoms with van der Waals surface area (Å²) < 4.78 is 35.4. The minimum absolute atomic E-state index is 0.115. The molecule has 10 heteroatoms. The Hall–Kier alpha value is -3.01. The third-order valence-electron chi connectivity index (χ3n) is 3.32. The standard InChI is InChI=1S/C14H11N3O2S.C3H3F3O/c18-12(19)4-8-17-6-2-10(3-7-17)13-14-11(1-5-15-13)20-9-16-14;1-2(7)3(4,5)6/h1-3,5-7,9H,4,8H2;7H,1H2/p+1. The highest BCUT2D eigenvalue weighted by atomic mass is 32.1. The Bertz CT molecular complexity index is 940.